The molecule has 1 atom stereocenters. The van der Waals surface area contributed by atoms with E-state index in [1.165, 1.54) is 0 Å². The van der Waals surface area contributed by atoms with Gasteiger partial charge in [0.15, 0.2) is 0 Å². The molecule has 0 aromatic heterocycles. The minimum atomic E-state index is -0.422. The van der Waals surface area contributed by atoms with Crippen LogP contribution in [0.25, 0.3) is 0 Å². The Morgan fingerprint density at radius 1 is 1.35 bits per heavy atom. The van der Waals surface area contributed by atoms with E-state index in [1.807, 2.05) is 18.7 Å². The van der Waals surface area contributed by atoms with E-state index < -0.39 is 4.75 Å². The molecule has 2 amide bonds. The number of thioether (sulfide) groups is 1. The Hall–Kier alpha value is -0.750. The molecule has 2 fully saturated rings. The van der Waals surface area contributed by atoms with Crippen molar-refractivity contribution in [1.29, 1.82) is 0 Å². The summed E-state index contributed by atoms with van der Waals surface area (Å²) in [5, 5.41) is 2.88. The molecule has 2 rings (SSSR count). The first-order valence-electron chi connectivity index (χ1n) is 7.40. The van der Waals surface area contributed by atoms with Crippen LogP contribution in [-0.4, -0.2) is 70.9 Å². The lowest BCUT2D eigenvalue weighted by molar-refractivity contribution is -0.136. The molecule has 0 bridgehead atoms. The third kappa shape index (κ3) is 3.47. The highest BCUT2D eigenvalue weighted by Crippen LogP contribution is 2.29. The number of likely N-dealkylation sites (N-methyl/N-ethyl adjacent to an activating group) is 1. The minimum Gasteiger partial charge on any atom is -0.342 e. The zero-order valence-corrected chi connectivity index (χ0v) is 13.5. The monoisotopic (exact) mass is 299 g/mol. The lowest BCUT2D eigenvalue weighted by Crippen LogP contribution is -2.58. The van der Waals surface area contributed by atoms with Crippen LogP contribution in [0.15, 0.2) is 0 Å². The summed E-state index contributed by atoms with van der Waals surface area (Å²) in [5.74, 6) is 0.724. The van der Waals surface area contributed by atoms with Crippen LogP contribution in [0.3, 0.4) is 0 Å². The lowest BCUT2D eigenvalue weighted by Gasteiger charge is -2.35. The first kappa shape index (κ1) is 15.6. The van der Waals surface area contributed by atoms with Gasteiger partial charge in [-0.25, -0.2) is 0 Å². The van der Waals surface area contributed by atoms with Crippen LogP contribution >= 0.6 is 11.8 Å². The molecule has 5 nitrogen and oxygen atoms in total. The van der Waals surface area contributed by atoms with Crippen molar-refractivity contribution < 1.29 is 9.59 Å². The summed E-state index contributed by atoms with van der Waals surface area (Å²) in [6.45, 7) is 10.5. The Labute approximate surface area is 125 Å². The smallest absolute Gasteiger partial charge is 0.246 e. The number of hydrogen-bond acceptors (Lipinski definition) is 4. The van der Waals surface area contributed by atoms with Gasteiger partial charge in [-0.3, -0.25) is 9.59 Å². The zero-order valence-electron chi connectivity index (χ0n) is 12.6. The molecule has 0 aromatic rings. The standard InChI is InChI=1S/C14H25N3O2S/c1-4-16-6-5-7-17(9-8-16)12(18)11-10-20-14(2,3)13(19)15-11/h11H,4-10H2,1-3H3,(H,15,19). The first-order chi connectivity index (χ1) is 9.44. The van der Waals surface area contributed by atoms with Crippen molar-refractivity contribution in [3.63, 3.8) is 0 Å². The third-order valence-corrected chi connectivity index (χ3v) is 5.52. The van der Waals surface area contributed by atoms with Gasteiger partial charge in [0.25, 0.3) is 0 Å². The molecule has 114 valence electrons. The Kier molecular flexibility index (Phi) is 4.96. The van der Waals surface area contributed by atoms with E-state index in [-0.39, 0.29) is 17.9 Å². The van der Waals surface area contributed by atoms with Gasteiger partial charge in [-0.1, -0.05) is 6.92 Å². The molecule has 1 N–H and O–H groups in total. The summed E-state index contributed by atoms with van der Waals surface area (Å²) < 4.78 is -0.422. The quantitative estimate of drug-likeness (QED) is 0.809. The fraction of sp³-hybridized carbons (Fsp3) is 0.857. The van der Waals surface area contributed by atoms with E-state index in [2.05, 4.69) is 17.1 Å². The molecule has 2 heterocycles. The van der Waals surface area contributed by atoms with Crippen molar-refractivity contribution >= 4 is 23.6 Å². The van der Waals surface area contributed by atoms with E-state index in [9.17, 15) is 9.59 Å². The molecule has 0 spiro atoms. The van der Waals surface area contributed by atoms with Crippen LogP contribution in [0, 0.1) is 0 Å². The Morgan fingerprint density at radius 2 is 2.10 bits per heavy atom. The van der Waals surface area contributed by atoms with Gasteiger partial charge in [0.2, 0.25) is 11.8 Å². The van der Waals surface area contributed by atoms with Crippen LogP contribution in [-0.2, 0) is 9.59 Å². The molecule has 0 saturated carbocycles. The largest absolute Gasteiger partial charge is 0.342 e. The summed E-state index contributed by atoms with van der Waals surface area (Å²) in [6, 6.07) is -0.353. The predicted molar refractivity (Wildman–Crippen MR) is 81.8 cm³/mol. The second-order valence-corrected chi connectivity index (χ2v) is 7.60. The van der Waals surface area contributed by atoms with E-state index in [0.717, 1.165) is 39.1 Å². The highest BCUT2D eigenvalue weighted by molar-refractivity contribution is 8.01. The lowest BCUT2D eigenvalue weighted by atomic mass is 10.1. The molecule has 2 aliphatic heterocycles. The number of carbonyl (C=O) groups is 2. The molecule has 0 radical (unpaired) electrons. The second kappa shape index (κ2) is 6.35. The van der Waals surface area contributed by atoms with Gasteiger partial charge >= 0.3 is 0 Å². The second-order valence-electron chi connectivity index (χ2n) is 5.96. The van der Waals surface area contributed by atoms with E-state index in [0.29, 0.717) is 5.75 Å². The summed E-state index contributed by atoms with van der Waals surface area (Å²) in [5.41, 5.74) is 0. The Morgan fingerprint density at radius 3 is 2.75 bits per heavy atom. The topological polar surface area (TPSA) is 52.7 Å². The number of amides is 2. The van der Waals surface area contributed by atoms with Crippen molar-refractivity contribution in [3.05, 3.63) is 0 Å². The van der Waals surface area contributed by atoms with Gasteiger partial charge in [-0.05, 0) is 33.4 Å². The maximum atomic E-state index is 12.5. The van der Waals surface area contributed by atoms with Gasteiger partial charge in [-0.2, -0.15) is 0 Å². The molecule has 0 aromatic carbocycles. The Balaban J connectivity index is 1.93. The van der Waals surface area contributed by atoms with Crippen molar-refractivity contribution in [1.82, 2.24) is 15.1 Å². The molecule has 6 heteroatoms. The molecule has 20 heavy (non-hydrogen) atoms. The summed E-state index contributed by atoms with van der Waals surface area (Å²) in [7, 11) is 0. The number of carbonyl (C=O) groups excluding carboxylic acids is 2. The predicted octanol–water partition coefficient (Wildman–Crippen LogP) is 0.551. The van der Waals surface area contributed by atoms with Crippen LogP contribution in [0.1, 0.15) is 27.2 Å². The van der Waals surface area contributed by atoms with Gasteiger partial charge in [0.1, 0.15) is 6.04 Å². The van der Waals surface area contributed by atoms with Crippen molar-refractivity contribution in [2.24, 2.45) is 0 Å². The van der Waals surface area contributed by atoms with E-state index >= 15 is 0 Å². The van der Waals surface area contributed by atoms with Crippen molar-refractivity contribution in [2.75, 3.05) is 38.5 Å². The average Bonchev–Trinajstić information content (AvgIpc) is 2.66. The highest BCUT2D eigenvalue weighted by Gasteiger charge is 2.39. The molecule has 2 saturated heterocycles. The summed E-state index contributed by atoms with van der Waals surface area (Å²) in [6.07, 6.45) is 1.01. The number of nitrogens with zero attached hydrogens (tertiary/aromatic N) is 2. The summed E-state index contributed by atoms with van der Waals surface area (Å²) >= 11 is 1.57. The molecular formula is C14H25N3O2S. The average molecular weight is 299 g/mol. The molecule has 1 unspecified atom stereocenters. The third-order valence-electron chi connectivity index (χ3n) is 4.11. The molecule has 2 aliphatic rings. The summed E-state index contributed by atoms with van der Waals surface area (Å²) in [4.78, 5) is 28.8. The number of nitrogens with one attached hydrogen (secondary N) is 1. The van der Waals surface area contributed by atoms with Gasteiger partial charge in [0, 0.05) is 25.4 Å². The minimum absolute atomic E-state index is 0.0305. The van der Waals surface area contributed by atoms with Crippen LogP contribution in [0.4, 0.5) is 0 Å². The van der Waals surface area contributed by atoms with Crippen molar-refractivity contribution in [3.8, 4) is 0 Å². The number of hydrogen-bond donors (Lipinski definition) is 1. The Bertz CT molecular complexity index is 387. The van der Waals surface area contributed by atoms with E-state index in [4.69, 9.17) is 0 Å². The fourth-order valence-corrected chi connectivity index (χ4v) is 3.59. The normalized spacial score (nSPS) is 27.9. The highest BCUT2D eigenvalue weighted by atomic mass is 32.2. The van der Waals surface area contributed by atoms with Gasteiger partial charge in [0.05, 0.1) is 4.75 Å². The van der Waals surface area contributed by atoms with E-state index in [1.54, 1.807) is 11.8 Å². The first-order valence-corrected chi connectivity index (χ1v) is 8.38. The molecular weight excluding hydrogens is 274 g/mol. The zero-order chi connectivity index (χ0) is 14.8. The maximum Gasteiger partial charge on any atom is 0.246 e. The van der Waals surface area contributed by atoms with Crippen molar-refractivity contribution in [2.45, 2.75) is 38.0 Å². The molecule has 0 aliphatic carbocycles. The van der Waals surface area contributed by atoms with Crippen LogP contribution in [0.2, 0.25) is 0 Å². The maximum absolute atomic E-state index is 12.5. The fourth-order valence-electron chi connectivity index (χ4n) is 2.59. The number of rotatable bonds is 2. The van der Waals surface area contributed by atoms with Crippen LogP contribution < -0.4 is 5.32 Å². The van der Waals surface area contributed by atoms with Crippen LogP contribution in [0.5, 0.6) is 0 Å². The van der Waals surface area contributed by atoms with Gasteiger partial charge < -0.3 is 15.1 Å². The SMILES string of the molecule is CCN1CCCN(C(=O)C2CSC(C)(C)C(=O)N2)CC1. The van der Waals surface area contributed by atoms with Gasteiger partial charge in [-0.15, -0.1) is 11.8 Å².